The summed E-state index contributed by atoms with van der Waals surface area (Å²) in [4.78, 5) is 37.9. The lowest BCUT2D eigenvalue weighted by atomic mass is 10.2. The minimum Gasteiger partial charge on any atom is -0.569 e. The molecule has 0 radical (unpaired) electrons. The van der Waals surface area contributed by atoms with Gasteiger partial charge in [-0.15, -0.1) is 5.01 Å². The minimum absolute atomic E-state index is 0.105. The number of hydrazine groups is 1. The predicted octanol–water partition coefficient (Wildman–Crippen LogP) is 1.45. The molecule has 1 aliphatic heterocycles. The molecule has 146 valence electrons. The van der Waals surface area contributed by atoms with Crippen molar-refractivity contribution in [3.8, 4) is 5.75 Å². The van der Waals surface area contributed by atoms with Gasteiger partial charge in [-0.2, -0.15) is 0 Å². The number of carbonyl (C=O) groups is 1. The monoisotopic (exact) mass is 384 g/mol. The van der Waals surface area contributed by atoms with Crippen molar-refractivity contribution < 1.29 is 29.2 Å². The highest BCUT2D eigenvalue weighted by Crippen LogP contribution is 2.31. The first-order valence-corrected chi connectivity index (χ1v) is 7.78. The van der Waals surface area contributed by atoms with Crippen LogP contribution in [0.5, 0.6) is 5.75 Å². The van der Waals surface area contributed by atoms with Crippen LogP contribution in [0.4, 0.5) is 16.2 Å². The molecular weight excluding hydrogens is 368 g/mol. The van der Waals surface area contributed by atoms with Gasteiger partial charge in [0.25, 0.3) is 5.69 Å². The van der Waals surface area contributed by atoms with Gasteiger partial charge in [0.05, 0.1) is 40.6 Å². The van der Waals surface area contributed by atoms with Crippen LogP contribution in [0.2, 0.25) is 0 Å². The van der Waals surface area contributed by atoms with E-state index < -0.39 is 33.1 Å². The summed E-state index contributed by atoms with van der Waals surface area (Å²) in [7, 11) is 0. The fourth-order valence-corrected chi connectivity index (χ4v) is 2.23. The van der Waals surface area contributed by atoms with E-state index in [9.17, 15) is 30.2 Å². The first kappa shape index (κ1) is 19.6. The summed E-state index contributed by atoms with van der Waals surface area (Å²) >= 11 is 0. The molecule has 1 amide bonds. The van der Waals surface area contributed by atoms with Crippen LogP contribution in [-0.4, -0.2) is 63.6 Å². The van der Waals surface area contributed by atoms with Crippen LogP contribution in [0.3, 0.4) is 0 Å². The maximum absolute atomic E-state index is 12.0. The van der Waals surface area contributed by atoms with E-state index in [1.807, 2.05) is 0 Å². The van der Waals surface area contributed by atoms with Gasteiger partial charge < -0.3 is 14.8 Å². The number of non-ortho nitro benzene ring substituents is 1. The number of hydrogen-bond acceptors (Lipinski definition) is 9. The Kier molecular flexibility index (Phi) is 6.24. The summed E-state index contributed by atoms with van der Waals surface area (Å²) in [6.45, 7) is 2.68. The topological polar surface area (TPSA) is 167 Å². The van der Waals surface area contributed by atoms with Gasteiger partial charge in [-0.05, 0) is 13.0 Å². The molecule has 1 fully saturated rings. The molecule has 1 heterocycles. The van der Waals surface area contributed by atoms with Crippen molar-refractivity contribution in [1.82, 2.24) is 9.91 Å². The number of hydrogen-bond donors (Lipinski definition) is 0. The second-order valence-corrected chi connectivity index (χ2v) is 5.23. The van der Waals surface area contributed by atoms with Crippen LogP contribution < -0.4 is 4.84 Å². The fourth-order valence-electron chi connectivity index (χ4n) is 2.23. The highest BCUT2D eigenvalue weighted by atomic mass is 16.7. The molecule has 14 nitrogen and oxygen atoms in total. The Labute approximate surface area is 152 Å². The van der Waals surface area contributed by atoms with Crippen molar-refractivity contribution in [2.45, 2.75) is 6.92 Å². The van der Waals surface area contributed by atoms with Crippen LogP contribution in [0.15, 0.2) is 23.5 Å². The lowest BCUT2D eigenvalue weighted by Gasteiger charge is -2.30. The Bertz CT molecular complexity index is 761. The van der Waals surface area contributed by atoms with Gasteiger partial charge >= 0.3 is 11.8 Å². The zero-order valence-corrected chi connectivity index (χ0v) is 14.2. The van der Waals surface area contributed by atoms with Gasteiger partial charge in [-0.3, -0.25) is 25.1 Å². The molecule has 1 aromatic rings. The summed E-state index contributed by atoms with van der Waals surface area (Å²) in [5, 5.41) is 38.1. The van der Waals surface area contributed by atoms with Crippen molar-refractivity contribution in [1.29, 1.82) is 0 Å². The average Bonchev–Trinajstić information content (AvgIpc) is 2.66. The average molecular weight is 384 g/mol. The van der Waals surface area contributed by atoms with Crippen molar-refractivity contribution >= 4 is 17.5 Å². The fraction of sp³-hybridized carbons (Fsp3) is 0.462. The van der Waals surface area contributed by atoms with Gasteiger partial charge in [0.1, 0.15) is 0 Å². The van der Waals surface area contributed by atoms with Crippen molar-refractivity contribution in [3.05, 3.63) is 43.6 Å². The molecule has 1 saturated heterocycles. The number of nitro benzene ring substituents is 2. The molecule has 14 heteroatoms. The molecule has 27 heavy (non-hydrogen) atoms. The smallest absolute Gasteiger partial charge is 0.409 e. The molecule has 1 aliphatic rings. The van der Waals surface area contributed by atoms with Crippen molar-refractivity contribution in [2.75, 3.05) is 32.8 Å². The number of nitro groups is 2. The Balaban J connectivity index is 2.03. The standard InChI is InChI=1S/C13H16N6O8/c1-2-26-13(20)15-5-7-16(8-6-15)19(25)14-27-12-4-3-10(17(21)22)9-11(12)18(23)24/h3-4,9H,2,5-8H2,1H3. The van der Waals surface area contributed by atoms with Crippen molar-refractivity contribution in [2.24, 2.45) is 5.28 Å². The maximum atomic E-state index is 12.0. The van der Waals surface area contributed by atoms with Gasteiger partial charge in [-0.1, -0.05) is 0 Å². The molecule has 0 atom stereocenters. The normalized spacial score (nSPS) is 14.6. The SMILES string of the molecule is CCOC(=O)N1CCN([N+]([O-])=NOc2ccc([N+](=O)[O-])cc2[N+](=O)[O-])CC1. The number of rotatable bonds is 6. The number of amides is 1. The lowest BCUT2D eigenvalue weighted by Crippen LogP contribution is -2.50. The van der Waals surface area contributed by atoms with Crippen molar-refractivity contribution in [3.63, 3.8) is 0 Å². The van der Waals surface area contributed by atoms with E-state index in [-0.39, 0.29) is 37.8 Å². The number of carbonyl (C=O) groups excluding carboxylic acids is 1. The zero-order valence-electron chi connectivity index (χ0n) is 14.2. The zero-order chi connectivity index (χ0) is 20.0. The van der Waals surface area contributed by atoms with Crippen LogP contribution in [0.1, 0.15) is 6.92 Å². The van der Waals surface area contributed by atoms with Gasteiger partial charge in [-0.25, -0.2) is 4.79 Å². The highest BCUT2D eigenvalue weighted by molar-refractivity contribution is 5.67. The third-order valence-electron chi connectivity index (χ3n) is 3.58. The molecule has 0 aliphatic carbocycles. The maximum Gasteiger partial charge on any atom is 0.409 e. The van der Waals surface area contributed by atoms with E-state index in [0.29, 0.717) is 6.07 Å². The quantitative estimate of drug-likeness (QED) is 0.305. The Morgan fingerprint density at radius 1 is 1.15 bits per heavy atom. The minimum atomic E-state index is -0.884. The second-order valence-electron chi connectivity index (χ2n) is 5.23. The molecule has 1 aromatic carbocycles. The number of ether oxygens (including phenoxy) is 1. The van der Waals surface area contributed by atoms with E-state index in [2.05, 4.69) is 5.28 Å². The molecule has 0 bridgehead atoms. The molecule has 2 rings (SSSR count). The van der Waals surface area contributed by atoms with Crippen LogP contribution in [-0.2, 0) is 4.74 Å². The summed E-state index contributed by atoms with van der Waals surface area (Å²) in [6, 6.07) is 2.68. The van der Waals surface area contributed by atoms with E-state index in [4.69, 9.17) is 9.57 Å². The number of nitrogens with zero attached hydrogens (tertiary/aromatic N) is 6. The van der Waals surface area contributed by atoms with Gasteiger partial charge in [0.15, 0.2) is 0 Å². The third kappa shape index (κ3) is 4.90. The number of benzene rings is 1. The summed E-state index contributed by atoms with van der Waals surface area (Å²) in [6.07, 6.45) is -0.482. The summed E-state index contributed by atoms with van der Waals surface area (Å²) < 4.78 is 4.86. The molecule has 0 unspecified atom stereocenters. The Morgan fingerprint density at radius 2 is 1.81 bits per heavy atom. The van der Waals surface area contributed by atoms with Crippen LogP contribution >= 0.6 is 0 Å². The largest absolute Gasteiger partial charge is 0.569 e. The molecule has 0 spiro atoms. The first-order chi connectivity index (χ1) is 12.8. The Morgan fingerprint density at radius 3 is 2.37 bits per heavy atom. The number of piperazine rings is 1. The predicted molar refractivity (Wildman–Crippen MR) is 86.6 cm³/mol. The second kappa shape index (κ2) is 8.59. The van der Waals surface area contributed by atoms with Gasteiger partial charge in [0.2, 0.25) is 11.0 Å². The van der Waals surface area contributed by atoms with E-state index in [1.165, 1.54) is 9.91 Å². The highest BCUT2D eigenvalue weighted by Gasteiger charge is 2.27. The lowest BCUT2D eigenvalue weighted by molar-refractivity contribution is -0.708. The van der Waals surface area contributed by atoms with Crippen LogP contribution in [0.25, 0.3) is 0 Å². The van der Waals surface area contributed by atoms with Gasteiger partial charge in [0, 0.05) is 19.2 Å². The molecule has 0 saturated carbocycles. The third-order valence-corrected chi connectivity index (χ3v) is 3.58. The molecule has 0 aromatic heterocycles. The molecule has 0 N–H and O–H groups in total. The summed E-state index contributed by atoms with van der Waals surface area (Å²) in [5.74, 6) is -0.420. The molecular formula is C13H16N6O8. The Hall–Kier alpha value is -3.71. The first-order valence-electron chi connectivity index (χ1n) is 7.78. The van der Waals surface area contributed by atoms with Crippen LogP contribution in [0, 0.1) is 25.4 Å². The summed E-state index contributed by atoms with van der Waals surface area (Å²) in [5.41, 5.74) is -1.20. The van der Waals surface area contributed by atoms with E-state index in [1.54, 1.807) is 6.92 Å². The van der Waals surface area contributed by atoms with E-state index in [0.717, 1.165) is 12.1 Å². The van der Waals surface area contributed by atoms with E-state index >= 15 is 0 Å².